The fourth-order valence-corrected chi connectivity index (χ4v) is 5.38. The van der Waals surface area contributed by atoms with Crippen LogP contribution >= 0.6 is 23.5 Å². The molecular formula is C11H24N2S2. The van der Waals surface area contributed by atoms with E-state index in [-0.39, 0.29) is 0 Å². The summed E-state index contributed by atoms with van der Waals surface area (Å²) in [6.07, 6.45) is 2.45. The molecule has 1 saturated heterocycles. The van der Waals surface area contributed by atoms with Crippen molar-refractivity contribution in [1.29, 1.82) is 0 Å². The highest BCUT2D eigenvalue weighted by Crippen LogP contribution is 2.36. The highest BCUT2D eigenvalue weighted by Gasteiger charge is 2.31. The van der Waals surface area contributed by atoms with E-state index < -0.39 is 0 Å². The molecule has 90 valence electrons. The third kappa shape index (κ3) is 4.17. The number of hydrogen-bond acceptors (Lipinski definition) is 4. The minimum absolute atomic E-state index is 0.479. The van der Waals surface area contributed by atoms with Crippen LogP contribution in [-0.4, -0.2) is 28.0 Å². The van der Waals surface area contributed by atoms with Crippen LogP contribution in [0.5, 0.6) is 0 Å². The predicted octanol–water partition coefficient (Wildman–Crippen LogP) is 2.49. The van der Waals surface area contributed by atoms with E-state index in [1.165, 1.54) is 24.3 Å². The maximum atomic E-state index is 5.70. The Kier molecular flexibility index (Phi) is 6.43. The first-order chi connectivity index (χ1) is 7.19. The van der Waals surface area contributed by atoms with Crippen LogP contribution in [0.25, 0.3) is 0 Å². The summed E-state index contributed by atoms with van der Waals surface area (Å²) in [5.74, 6) is 9.00. The van der Waals surface area contributed by atoms with Gasteiger partial charge in [-0.3, -0.25) is 11.3 Å². The summed E-state index contributed by atoms with van der Waals surface area (Å²) in [5.41, 5.74) is 3.03. The van der Waals surface area contributed by atoms with Crippen LogP contribution in [0.1, 0.15) is 33.6 Å². The topological polar surface area (TPSA) is 38.0 Å². The fraction of sp³-hybridized carbons (Fsp3) is 1.00. The molecule has 3 N–H and O–H groups in total. The zero-order valence-corrected chi connectivity index (χ0v) is 11.7. The highest BCUT2D eigenvalue weighted by atomic mass is 32.2. The first-order valence-corrected chi connectivity index (χ1v) is 7.98. The van der Waals surface area contributed by atoms with E-state index in [0.717, 1.165) is 11.2 Å². The van der Waals surface area contributed by atoms with Gasteiger partial charge in [-0.15, -0.1) is 0 Å². The van der Waals surface area contributed by atoms with Gasteiger partial charge in [-0.1, -0.05) is 20.8 Å². The molecule has 1 aliphatic heterocycles. The fourth-order valence-electron chi connectivity index (χ4n) is 2.12. The second-order valence-corrected chi connectivity index (χ2v) is 7.19. The molecule has 0 aromatic heterocycles. The largest absolute Gasteiger partial charge is 0.271 e. The molecule has 0 saturated carbocycles. The van der Waals surface area contributed by atoms with Crippen LogP contribution in [0.15, 0.2) is 0 Å². The number of nitrogens with two attached hydrogens (primary N) is 1. The van der Waals surface area contributed by atoms with E-state index in [0.29, 0.717) is 11.3 Å². The molecule has 3 atom stereocenters. The van der Waals surface area contributed by atoms with Crippen molar-refractivity contribution in [1.82, 2.24) is 5.43 Å². The smallest absolute Gasteiger partial charge is 0.0342 e. The van der Waals surface area contributed by atoms with Gasteiger partial charge in [0.2, 0.25) is 0 Å². The van der Waals surface area contributed by atoms with Gasteiger partial charge in [0.15, 0.2) is 0 Å². The Balaban J connectivity index is 2.55. The molecule has 0 radical (unpaired) electrons. The summed E-state index contributed by atoms with van der Waals surface area (Å²) < 4.78 is 0. The molecule has 0 amide bonds. The van der Waals surface area contributed by atoms with Gasteiger partial charge in [-0.2, -0.15) is 23.5 Å². The van der Waals surface area contributed by atoms with Gasteiger partial charge in [-0.25, -0.2) is 0 Å². The van der Waals surface area contributed by atoms with Crippen molar-refractivity contribution >= 4 is 23.5 Å². The van der Waals surface area contributed by atoms with Crippen molar-refractivity contribution in [2.45, 2.75) is 50.2 Å². The minimum Gasteiger partial charge on any atom is -0.271 e. The Morgan fingerprint density at radius 3 is 2.53 bits per heavy atom. The monoisotopic (exact) mass is 248 g/mol. The molecule has 1 rings (SSSR count). The molecule has 15 heavy (non-hydrogen) atoms. The minimum atomic E-state index is 0.479. The molecule has 4 heteroatoms. The Morgan fingerprint density at radius 1 is 1.33 bits per heavy atom. The average molecular weight is 248 g/mol. The lowest BCUT2D eigenvalue weighted by Crippen LogP contribution is -2.48. The van der Waals surface area contributed by atoms with E-state index in [9.17, 15) is 0 Å². The van der Waals surface area contributed by atoms with Crippen molar-refractivity contribution in [3.63, 3.8) is 0 Å². The van der Waals surface area contributed by atoms with Crippen molar-refractivity contribution in [3.8, 4) is 0 Å². The Labute approximate surface area is 102 Å². The first kappa shape index (κ1) is 13.7. The summed E-state index contributed by atoms with van der Waals surface area (Å²) in [5, 5.41) is 1.48. The van der Waals surface area contributed by atoms with Crippen LogP contribution < -0.4 is 11.3 Å². The molecule has 0 bridgehead atoms. The van der Waals surface area contributed by atoms with Gasteiger partial charge >= 0.3 is 0 Å². The van der Waals surface area contributed by atoms with Crippen molar-refractivity contribution in [3.05, 3.63) is 0 Å². The average Bonchev–Trinajstić information content (AvgIpc) is 2.25. The van der Waals surface area contributed by atoms with E-state index in [4.69, 9.17) is 5.84 Å². The maximum Gasteiger partial charge on any atom is 0.0342 e. The lowest BCUT2D eigenvalue weighted by atomic mass is 9.99. The first-order valence-electron chi connectivity index (χ1n) is 5.88. The normalized spacial score (nSPS) is 29.4. The molecule has 0 aromatic carbocycles. The van der Waals surface area contributed by atoms with Gasteiger partial charge in [0, 0.05) is 28.0 Å². The van der Waals surface area contributed by atoms with Gasteiger partial charge in [0.25, 0.3) is 0 Å². The highest BCUT2D eigenvalue weighted by molar-refractivity contribution is 8.07. The van der Waals surface area contributed by atoms with Crippen LogP contribution in [0.3, 0.4) is 0 Å². The van der Waals surface area contributed by atoms with Gasteiger partial charge in [0.05, 0.1) is 0 Å². The van der Waals surface area contributed by atoms with E-state index >= 15 is 0 Å². The second-order valence-electron chi connectivity index (χ2n) is 4.56. The van der Waals surface area contributed by atoms with Crippen LogP contribution in [0.4, 0.5) is 0 Å². The van der Waals surface area contributed by atoms with Crippen LogP contribution in [0, 0.1) is 5.92 Å². The van der Waals surface area contributed by atoms with Crippen molar-refractivity contribution < 1.29 is 0 Å². The zero-order valence-electron chi connectivity index (χ0n) is 10.0. The summed E-state index contributed by atoms with van der Waals surface area (Å²) >= 11 is 4.23. The molecule has 2 nitrogen and oxygen atoms in total. The molecule has 0 aliphatic carbocycles. The standard InChI is InChI=1S/C11H24N2S2/c1-4-10-11(15-6-5-14-10)9(13-12)7-8(2)3/h8-11,13H,4-7,12H2,1-3H3. The quantitative estimate of drug-likeness (QED) is 0.579. The summed E-state index contributed by atoms with van der Waals surface area (Å²) in [4.78, 5) is 0. The SMILES string of the molecule is CCC1SCCSC1C(CC(C)C)NN. The number of hydrazine groups is 1. The summed E-state index contributed by atoms with van der Waals surface area (Å²) in [7, 11) is 0. The number of thioether (sulfide) groups is 2. The third-order valence-corrected chi connectivity index (χ3v) is 6.24. The van der Waals surface area contributed by atoms with E-state index in [1.54, 1.807) is 0 Å². The lowest BCUT2D eigenvalue weighted by Gasteiger charge is -2.36. The van der Waals surface area contributed by atoms with Crippen molar-refractivity contribution in [2.24, 2.45) is 11.8 Å². The van der Waals surface area contributed by atoms with Gasteiger partial charge < -0.3 is 0 Å². The molecule has 0 spiro atoms. The van der Waals surface area contributed by atoms with Crippen molar-refractivity contribution in [2.75, 3.05) is 11.5 Å². The predicted molar refractivity (Wildman–Crippen MR) is 73.3 cm³/mol. The van der Waals surface area contributed by atoms with E-state index in [1.807, 2.05) is 0 Å². The summed E-state index contributed by atoms with van der Waals surface area (Å²) in [6.45, 7) is 6.83. The number of rotatable bonds is 5. The van der Waals surface area contributed by atoms with Crippen LogP contribution in [0.2, 0.25) is 0 Å². The lowest BCUT2D eigenvalue weighted by molar-refractivity contribution is 0.407. The molecule has 3 unspecified atom stereocenters. The Hall–Kier alpha value is 0.620. The molecule has 0 aromatic rings. The molecule has 1 heterocycles. The molecule has 1 aliphatic rings. The second kappa shape index (κ2) is 7.05. The van der Waals surface area contributed by atoms with Gasteiger partial charge in [0.1, 0.15) is 0 Å². The zero-order chi connectivity index (χ0) is 11.3. The number of hydrogen-bond donors (Lipinski definition) is 2. The Morgan fingerprint density at radius 2 is 2.00 bits per heavy atom. The third-order valence-electron chi connectivity index (χ3n) is 2.83. The van der Waals surface area contributed by atoms with Crippen LogP contribution in [-0.2, 0) is 0 Å². The maximum absolute atomic E-state index is 5.70. The van der Waals surface area contributed by atoms with E-state index in [2.05, 4.69) is 49.7 Å². The molecular weight excluding hydrogens is 224 g/mol. The Bertz CT molecular complexity index is 176. The van der Waals surface area contributed by atoms with Gasteiger partial charge in [-0.05, 0) is 18.8 Å². The molecule has 1 fully saturated rings. The number of nitrogens with one attached hydrogen (secondary N) is 1. The summed E-state index contributed by atoms with van der Waals surface area (Å²) in [6, 6.07) is 0.479.